The van der Waals surface area contributed by atoms with Gasteiger partial charge in [0.25, 0.3) is 0 Å². The van der Waals surface area contributed by atoms with Gasteiger partial charge in [-0.3, -0.25) is 0 Å². The number of halogens is 1. The molecular formula is C16H29IN4O3. The fraction of sp³-hybridized carbons (Fsp3) is 0.625. The van der Waals surface area contributed by atoms with Crippen molar-refractivity contribution < 1.29 is 14.2 Å². The van der Waals surface area contributed by atoms with E-state index in [2.05, 4.69) is 20.6 Å². The fourth-order valence-corrected chi connectivity index (χ4v) is 1.86. The van der Waals surface area contributed by atoms with Crippen LogP contribution in [-0.4, -0.2) is 58.1 Å². The highest BCUT2D eigenvalue weighted by atomic mass is 127. The quantitative estimate of drug-likeness (QED) is 0.231. The predicted molar refractivity (Wildman–Crippen MR) is 106 cm³/mol. The molecule has 0 radical (unpaired) electrons. The maximum atomic E-state index is 5.33. The first kappa shape index (κ1) is 22.9. The predicted octanol–water partition coefficient (Wildman–Crippen LogP) is 1.82. The number of aliphatic imine (C=N–C) groups is 1. The van der Waals surface area contributed by atoms with Crippen molar-refractivity contribution in [1.82, 2.24) is 15.6 Å². The van der Waals surface area contributed by atoms with E-state index in [-0.39, 0.29) is 24.0 Å². The molecule has 7 nitrogen and oxygen atoms in total. The minimum atomic E-state index is 0. The second kappa shape index (κ2) is 15.4. The topological polar surface area (TPSA) is 77.0 Å². The number of hydrogen-bond acceptors (Lipinski definition) is 5. The molecular weight excluding hydrogens is 423 g/mol. The van der Waals surface area contributed by atoms with Crippen molar-refractivity contribution in [2.75, 3.05) is 47.1 Å². The number of nitrogens with zero attached hydrogens (tertiary/aromatic N) is 2. The first-order chi connectivity index (χ1) is 11.3. The molecule has 2 N–H and O–H groups in total. The van der Waals surface area contributed by atoms with E-state index in [4.69, 9.17) is 14.2 Å². The molecule has 0 atom stereocenters. The fourth-order valence-electron chi connectivity index (χ4n) is 1.86. The average molecular weight is 452 g/mol. The molecule has 0 spiro atoms. The second-order valence-corrected chi connectivity index (χ2v) is 4.73. The van der Waals surface area contributed by atoms with Crippen LogP contribution in [-0.2, 0) is 16.0 Å². The Balaban J connectivity index is 0.00000529. The van der Waals surface area contributed by atoms with Crippen molar-refractivity contribution in [3.05, 3.63) is 23.9 Å². The molecule has 1 rings (SSSR count). The number of aromatic nitrogens is 1. The highest BCUT2D eigenvalue weighted by Crippen LogP contribution is 2.14. The van der Waals surface area contributed by atoms with Crippen LogP contribution in [0, 0.1) is 0 Å². The van der Waals surface area contributed by atoms with Gasteiger partial charge in [-0.05, 0) is 19.4 Å². The summed E-state index contributed by atoms with van der Waals surface area (Å²) >= 11 is 0. The van der Waals surface area contributed by atoms with Crippen molar-refractivity contribution in [1.29, 1.82) is 0 Å². The van der Waals surface area contributed by atoms with E-state index >= 15 is 0 Å². The highest BCUT2D eigenvalue weighted by molar-refractivity contribution is 14.0. The van der Waals surface area contributed by atoms with Crippen molar-refractivity contribution >= 4 is 29.9 Å². The molecule has 0 bridgehead atoms. The molecule has 0 aliphatic carbocycles. The number of hydrogen-bond donors (Lipinski definition) is 2. The van der Waals surface area contributed by atoms with Gasteiger partial charge in [0.15, 0.2) is 5.96 Å². The van der Waals surface area contributed by atoms with Gasteiger partial charge in [-0.1, -0.05) is 6.07 Å². The third-order valence-electron chi connectivity index (χ3n) is 3.01. The summed E-state index contributed by atoms with van der Waals surface area (Å²) in [7, 11) is 3.29. The van der Waals surface area contributed by atoms with Crippen LogP contribution >= 0.6 is 24.0 Å². The van der Waals surface area contributed by atoms with Crippen LogP contribution in [0.2, 0.25) is 0 Å². The molecule has 0 aliphatic heterocycles. The molecule has 0 saturated heterocycles. The van der Waals surface area contributed by atoms with Gasteiger partial charge in [-0.15, -0.1) is 24.0 Å². The lowest BCUT2D eigenvalue weighted by Gasteiger charge is -2.13. The standard InChI is InChI=1S/C16H28N4O3.HI/c1-4-23-11-6-9-18-16(19-10-12-21-2)20-13-14-7-5-8-17-15(14)22-3;/h5,7-8H,4,6,9-13H2,1-3H3,(H2,18,19,20);1H. The lowest BCUT2D eigenvalue weighted by molar-refractivity contribution is 0.145. The molecule has 0 unspecified atom stereocenters. The first-order valence-corrected chi connectivity index (χ1v) is 7.88. The zero-order chi connectivity index (χ0) is 16.8. The summed E-state index contributed by atoms with van der Waals surface area (Å²) in [5.74, 6) is 1.34. The molecule has 0 aromatic carbocycles. The van der Waals surface area contributed by atoms with Gasteiger partial charge in [0.2, 0.25) is 5.88 Å². The number of rotatable bonds is 11. The molecule has 0 amide bonds. The minimum Gasteiger partial charge on any atom is -0.481 e. The lowest BCUT2D eigenvalue weighted by atomic mass is 10.3. The maximum Gasteiger partial charge on any atom is 0.218 e. The number of nitrogens with one attached hydrogen (secondary N) is 2. The third kappa shape index (κ3) is 9.89. The highest BCUT2D eigenvalue weighted by Gasteiger charge is 2.03. The normalized spacial score (nSPS) is 10.9. The van der Waals surface area contributed by atoms with Crippen LogP contribution in [0.3, 0.4) is 0 Å². The van der Waals surface area contributed by atoms with Gasteiger partial charge in [-0.25, -0.2) is 9.98 Å². The summed E-state index contributed by atoms with van der Waals surface area (Å²) in [6, 6.07) is 3.83. The minimum absolute atomic E-state index is 0. The Kier molecular flexibility index (Phi) is 14.7. The Morgan fingerprint density at radius 1 is 1.21 bits per heavy atom. The van der Waals surface area contributed by atoms with Crippen LogP contribution in [0.15, 0.2) is 23.3 Å². The number of ether oxygens (including phenoxy) is 3. The van der Waals surface area contributed by atoms with Gasteiger partial charge in [-0.2, -0.15) is 0 Å². The Hall–Kier alpha value is -1.13. The summed E-state index contributed by atoms with van der Waals surface area (Å²) in [4.78, 5) is 8.75. The second-order valence-electron chi connectivity index (χ2n) is 4.73. The summed E-state index contributed by atoms with van der Waals surface area (Å²) in [5.41, 5.74) is 0.942. The van der Waals surface area contributed by atoms with E-state index < -0.39 is 0 Å². The molecule has 8 heteroatoms. The van der Waals surface area contributed by atoms with E-state index in [0.29, 0.717) is 25.6 Å². The van der Waals surface area contributed by atoms with Crippen LogP contribution in [0.4, 0.5) is 0 Å². The van der Waals surface area contributed by atoms with Gasteiger partial charge in [0.1, 0.15) is 0 Å². The summed E-state index contributed by atoms with van der Waals surface area (Å²) in [6.07, 6.45) is 2.63. The van der Waals surface area contributed by atoms with Crippen LogP contribution in [0.25, 0.3) is 0 Å². The van der Waals surface area contributed by atoms with Crippen LogP contribution in [0.1, 0.15) is 18.9 Å². The molecule has 0 saturated carbocycles. The molecule has 0 fully saturated rings. The van der Waals surface area contributed by atoms with Crippen molar-refractivity contribution in [3.8, 4) is 5.88 Å². The zero-order valence-corrected chi connectivity index (χ0v) is 17.0. The Bertz CT molecular complexity index is 461. The van der Waals surface area contributed by atoms with Gasteiger partial charge >= 0.3 is 0 Å². The number of pyridine rings is 1. The van der Waals surface area contributed by atoms with Gasteiger partial charge in [0.05, 0.1) is 20.3 Å². The lowest BCUT2D eigenvalue weighted by Crippen LogP contribution is -2.39. The molecule has 0 aliphatic rings. The Morgan fingerprint density at radius 2 is 2.00 bits per heavy atom. The summed E-state index contributed by atoms with van der Waals surface area (Å²) in [5, 5.41) is 6.52. The summed E-state index contributed by atoms with van der Waals surface area (Å²) in [6.45, 7) is 6.08. The van der Waals surface area contributed by atoms with E-state index in [1.807, 2.05) is 19.1 Å². The molecule has 24 heavy (non-hydrogen) atoms. The maximum absolute atomic E-state index is 5.33. The third-order valence-corrected chi connectivity index (χ3v) is 3.01. The SMILES string of the molecule is CCOCCCNC(=NCc1cccnc1OC)NCCOC.I. The molecule has 1 heterocycles. The first-order valence-electron chi connectivity index (χ1n) is 7.88. The number of guanidine groups is 1. The molecule has 1 aromatic heterocycles. The van der Waals surface area contributed by atoms with E-state index in [1.54, 1.807) is 20.4 Å². The van der Waals surface area contributed by atoms with Gasteiger partial charge in [0, 0.05) is 45.2 Å². The summed E-state index contributed by atoms with van der Waals surface area (Å²) < 4.78 is 15.6. The molecule has 1 aromatic rings. The Labute approximate surface area is 161 Å². The monoisotopic (exact) mass is 452 g/mol. The van der Waals surface area contributed by atoms with Crippen molar-refractivity contribution in [2.24, 2.45) is 4.99 Å². The Morgan fingerprint density at radius 3 is 2.71 bits per heavy atom. The van der Waals surface area contributed by atoms with Crippen molar-refractivity contribution in [3.63, 3.8) is 0 Å². The smallest absolute Gasteiger partial charge is 0.218 e. The number of methoxy groups -OCH3 is 2. The van der Waals surface area contributed by atoms with Crippen LogP contribution in [0.5, 0.6) is 5.88 Å². The van der Waals surface area contributed by atoms with Gasteiger partial charge < -0.3 is 24.8 Å². The van der Waals surface area contributed by atoms with E-state index in [0.717, 1.165) is 37.7 Å². The average Bonchev–Trinajstić information content (AvgIpc) is 2.59. The van der Waals surface area contributed by atoms with E-state index in [1.165, 1.54) is 0 Å². The molecule has 138 valence electrons. The largest absolute Gasteiger partial charge is 0.481 e. The zero-order valence-electron chi connectivity index (χ0n) is 14.7. The van der Waals surface area contributed by atoms with E-state index in [9.17, 15) is 0 Å². The van der Waals surface area contributed by atoms with Crippen molar-refractivity contribution in [2.45, 2.75) is 19.9 Å². The van der Waals surface area contributed by atoms with Crippen LogP contribution < -0.4 is 15.4 Å².